The minimum atomic E-state index is -0.518. The van der Waals surface area contributed by atoms with E-state index in [1.54, 1.807) is 0 Å². The van der Waals surface area contributed by atoms with Crippen molar-refractivity contribution in [3.8, 4) is 5.75 Å². The van der Waals surface area contributed by atoms with Crippen LogP contribution in [0.2, 0.25) is 0 Å². The average molecular weight is 232 g/mol. The maximum Gasteiger partial charge on any atom is 0.277 e. The summed E-state index contributed by atoms with van der Waals surface area (Å²) >= 11 is 3.06. The second-order valence-corrected chi connectivity index (χ2v) is 2.73. The molecule has 0 aliphatic carbocycles. The number of phenols is 1. The molecule has 64 valence electrons. The van der Waals surface area contributed by atoms with Gasteiger partial charge in [-0.1, -0.05) is 22.0 Å². The molecule has 0 amide bonds. The quantitative estimate of drug-likeness (QED) is 0.482. The first-order valence-corrected chi connectivity index (χ1v) is 4.30. The van der Waals surface area contributed by atoms with Crippen LogP contribution in [0.1, 0.15) is 5.56 Å². The first kappa shape index (κ1) is 8.99. The molecule has 0 atom stereocenters. The van der Waals surface area contributed by atoms with Gasteiger partial charge < -0.3 is 5.11 Å². The Morgan fingerprint density at radius 3 is 2.67 bits per heavy atom. The van der Waals surface area contributed by atoms with Crippen molar-refractivity contribution in [2.45, 2.75) is 5.33 Å². The van der Waals surface area contributed by atoms with Crippen LogP contribution in [-0.4, -0.2) is 10.0 Å². The molecule has 0 saturated heterocycles. The van der Waals surface area contributed by atoms with Crippen LogP contribution < -0.4 is 0 Å². The molecular weight excluding hydrogens is 226 g/mol. The average Bonchev–Trinajstić information content (AvgIpc) is 2.03. The van der Waals surface area contributed by atoms with E-state index in [2.05, 4.69) is 15.9 Å². The lowest BCUT2D eigenvalue weighted by molar-refractivity contribution is -0.385. The Balaban J connectivity index is 3.27. The normalized spacial score (nSPS) is 9.75. The van der Waals surface area contributed by atoms with Gasteiger partial charge in [-0.15, -0.1) is 0 Å². The smallest absolute Gasteiger partial charge is 0.277 e. The number of aromatic hydroxyl groups is 1. The number of hydrogen-bond acceptors (Lipinski definition) is 3. The van der Waals surface area contributed by atoms with Gasteiger partial charge in [0.2, 0.25) is 0 Å². The van der Waals surface area contributed by atoms with E-state index >= 15 is 0 Å². The van der Waals surface area contributed by atoms with Gasteiger partial charge >= 0.3 is 0 Å². The Hall–Kier alpha value is -1.10. The predicted molar refractivity (Wildman–Crippen MR) is 47.4 cm³/mol. The van der Waals surface area contributed by atoms with Crippen molar-refractivity contribution in [2.75, 3.05) is 0 Å². The molecule has 0 radical (unpaired) electrons. The minimum absolute atomic E-state index is 0.0546. The number of halogens is 1. The molecule has 1 N–H and O–H groups in total. The summed E-state index contributed by atoms with van der Waals surface area (Å²) in [5.41, 5.74) is 0.245. The van der Waals surface area contributed by atoms with Gasteiger partial charge in [-0.3, -0.25) is 10.1 Å². The van der Waals surface area contributed by atoms with Crippen LogP contribution in [0.3, 0.4) is 0 Å². The third kappa shape index (κ3) is 1.55. The van der Waals surface area contributed by atoms with Gasteiger partial charge in [0, 0.05) is 11.4 Å². The largest absolute Gasteiger partial charge is 0.507 e. The van der Waals surface area contributed by atoms with Crippen LogP contribution in [0, 0.1) is 10.1 Å². The molecule has 0 aliphatic heterocycles. The standard InChI is InChI=1S/C7H6BrNO3/c8-4-5-6(9(11)12)2-1-3-7(5)10/h1-3,10H,4H2. The van der Waals surface area contributed by atoms with E-state index in [0.717, 1.165) is 0 Å². The van der Waals surface area contributed by atoms with Crippen LogP contribution in [0.15, 0.2) is 18.2 Å². The number of benzene rings is 1. The minimum Gasteiger partial charge on any atom is -0.507 e. The second-order valence-electron chi connectivity index (χ2n) is 2.17. The third-order valence-corrected chi connectivity index (χ3v) is 2.02. The molecule has 1 aromatic rings. The molecule has 0 unspecified atom stereocenters. The number of rotatable bonds is 2. The van der Waals surface area contributed by atoms with Crippen molar-refractivity contribution in [3.05, 3.63) is 33.9 Å². The number of nitrogens with zero attached hydrogens (tertiary/aromatic N) is 1. The van der Waals surface area contributed by atoms with Crippen LogP contribution in [-0.2, 0) is 5.33 Å². The highest BCUT2D eigenvalue weighted by atomic mass is 79.9. The van der Waals surface area contributed by atoms with Crippen LogP contribution >= 0.6 is 15.9 Å². The van der Waals surface area contributed by atoms with E-state index in [1.807, 2.05) is 0 Å². The Morgan fingerprint density at radius 1 is 1.58 bits per heavy atom. The molecular formula is C7H6BrNO3. The fourth-order valence-electron chi connectivity index (χ4n) is 0.871. The molecule has 0 aromatic heterocycles. The monoisotopic (exact) mass is 231 g/mol. The van der Waals surface area contributed by atoms with Crippen molar-refractivity contribution in [2.24, 2.45) is 0 Å². The van der Waals surface area contributed by atoms with Gasteiger partial charge in [0.25, 0.3) is 5.69 Å². The van der Waals surface area contributed by atoms with Gasteiger partial charge in [0.05, 0.1) is 10.5 Å². The topological polar surface area (TPSA) is 63.4 Å². The molecule has 5 heteroatoms. The fraction of sp³-hybridized carbons (Fsp3) is 0.143. The summed E-state index contributed by atoms with van der Waals surface area (Å²) in [6.07, 6.45) is 0. The highest BCUT2D eigenvalue weighted by Gasteiger charge is 2.15. The number of alkyl halides is 1. The molecule has 1 rings (SSSR count). The lowest BCUT2D eigenvalue weighted by Crippen LogP contribution is -1.92. The molecule has 0 fully saturated rings. The van der Waals surface area contributed by atoms with E-state index < -0.39 is 4.92 Å². The Kier molecular flexibility index (Phi) is 2.65. The van der Waals surface area contributed by atoms with Gasteiger partial charge in [0.1, 0.15) is 5.75 Å². The summed E-state index contributed by atoms with van der Waals surface area (Å²) in [5, 5.41) is 19.9. The molecule has 0 aliphatic rings. The zero-order valence-corrected chi connectivity index (χ0v) is 7.61. The molecule has 0 bridgehead atoms. The lowest BCUT2D eigenvalue weighted by atomic mass is 10.2. The fourth-order valence-corrected chi connectivity index (χ4v) is 1.45. The molecule has 0 spiro atoms. The Bertz CT molecular complexity index is 314. The lowest BCUT2D eigenvalue weighted by Gasteiger charge is -2.00. The highest BCUT2D eigenvalue weighted by molar-refractivity contribution is 9.08. The van der Waals surface area contributed by atoms with Gasteiger partial charge in [0.15, 0.2) is 0 Å². The van der Waals surface area contributed by atoms with Crippen molar-refractivity contribution in [1.82, 2.24) is 0 Å². The molecule has 12 heavy (non-hydrogen) atoms. The zero-order valence-electron chi connectivity index (χ0n) is 6.03. The van der Waals surface area contributed by atoms with Gasteiger partial charge in [-0.25, -0.2) is 0 Å². The highest BCUT2D eigenvalue weighted by Crippen LogP contribution is 2.28. The van der Waals surface area contributed by atoms with Crippen molar-refractivity contribution < 1.29 is 10.0 Å². The van der Waals surface area contributed by atoms with E-state index in [4.69, 9.17) is 0 Å². The summed E-state index contributed by atoms with van der Waals surface area (Å²) in [6.45, 7) is 0. The van der Waals surface area contributed by atoms with Crippen molar-refractivity contribution in [3.63, 3.8) is 0 Å². The third-order valence-electron chi connectivity index (χ3n) is 1.46. The number of phenolic OH excluding ortho intramolecular Hbond substituents is 1. The van der Waals surface area contributed by atoms with Crippen molar-refractivity contribution >= 4 is 21.6 Å². The summed E-state index contributed by atoms with van der Waals surface area (Å²) in [6, 6.07) is 4.22. The summed E-state index contributed by atoms with van der Waals surface area (Å²) in [4.78, 5) is 9.89. The van der Waals surface area contributed by atoms with Gasteiger partial charge in [-0.2, -0.15) is 0 Å². The zero-order chi connectivity index (χ0) is 9.14. The van der Waals surface area contributed by atoms with Gasteiger partial charge in [-0.05, 0) is 6.07 Å². The summed E-state index contributed by atoms with van der Waals surface area (Å²) in [7, 11) is 0. The Morgan fingerprint density at radius 2 is 2.25 bits per heavy atom. The summed E-state index contributed by atoms with van der Waals surface area (Å²) < 4.78 is 0. The molecule has 0 saturated carbocycles. The summed E-state index contributed by atoms with van der Waals surface area (Å²) in [5.74, 6) is -0.0546. The first-order chi connectivity index (χ1) is 5.66. The number of nitro benzene ring substituents is 1. The van der Waals surface area contributed by atoms with Crippen molar-refractivity contribution in [1.29, 1.82) is 0 Å². The molecule has 0 heterocycles. The Labute approximate surface area is 77.1 Å². The maximum absolute atomic E-state index is 10.4. The van der Waals surface area contributed by atoms with Crippen LogP contribution in [0.5, 0.6) is 5.75 Å². The van der Waals surface area contributed by atoms with Crippen LogP contribution in [0.25, 0.3) is 0 Å². The number of hydrogen-bond donors (Lipinski definition) is 1. The van der Waals surface area contributed by atoms with E-state index in [1.165, 1.54) is 18.2 Å². The first-order valence-electron chi connectivity index (χ1n) is 3.18. The second kappa shape index (κ2) is 3.53. The number of nitro groups is 1. The predicted octanol–water partition coefficient (Wildman–Crippen LogP) is 2.20. The van der Waals surface area contributed by atoms with E-state index in [-0.39, 0.29) is 16.8 Å². The maximum atomic E-state index is 10.4. The SMILES string of the molecule is O=[N+]([O-])c1cccc(O)c1CBr. The van der Waals surface area contributed by atoms with Crippen LogP contribution in [0.4, 0.5) is 5.69 Å². The van der Waals surface area contributed by atoms with E-state index in [9.17, 15) is 15.2 Å². The van der Waals surface area contributed by atoms with E-state index in [0.29, 0.717) is 5.56 Å². The molecule has 4 nitrogen and oxygen atoms in total. The molecule has 1 aromatic carbocycles.